The Bertz CT molecular complexity index is 696. The van der Waals surface area contributed by atoms with E-state index in [9.17, 15) is 4.79 Å². The van der Waals surface area contributed by atoms with E-state index in [0.717, 1.165) is 64.2 Å². The van der Waals surface area contributed by atoms with Crippen LogP contribution in [0.2, 0.25) is 0 Å². The molecule has 0 aromatic heterocycles. The highest BCUT2D eigenvalue weighted by atomic mass is 16.7. The van der Waals surface area contributed by atoms with E-state index in [1.54, 1.807) is 0 Å². The lowest BCUT2D eigenvalue weighted by molar-refractivity contribution is 0.0529. The molecule has 3 nitrogen and oxygen atoms in total. The van der Waals surface area contributed by atoms with Gasteiger partial charge in [-0.1, -0.05) is 138 Å². The number of ether oxygens (including phenoxy) is 2. The summed E-state index contributed by atoms with van der Waals surface area (Å²) in [6, 6.07) is 0. The van der Waals surface area contributed by atoms with Crippen LogP contribution in [0.25, 0.3) is 0 Å². The molecule has 0 bridgehead atoms. The van der Waals surface area contributed by atoms with E-state index >= 15 is 0 Å². The molecule has 0 aliphatic rings. The molecule has 0 aromatic rings. The third kappa shape index (κ3) is 33.7. The third-order valence-electron chi connectivity index (χ3n) is 6.52. The summed E-state index contributed by atoms with van der Waals surface area (Å²) in [6.45, 7) is 5.34. The summed E-state index contributed by atoms with van der Waals surface area (Å²) < 4.78 is 10.4. The molecule has 0 N–H and O–H groups in total. The lowest BCUT2D eigenvalue weighted by Gasteiger charge is -2.06. The minimum absolute atomic E-state index is 0.466. The van der Waals surface area contributed by atoms with Crippen molar-refractivity contribution in [1.29, 1.82) is 0 Å². The average molecular weight is 555 g/mol. The first-order valence-corrected chi connectivity index (χ1v) is 16.5. The highest BCUT2D eigenvalue weighted by molar-refractivity contribution is 5.59. The first-order chi connectivity index (χ1) is 19.8. The Morgan fingerprint density at radius 2 is 0.775 bits per heavy atom. The average Bonchev–Trinajstić information content (AvgIpc) is 2.96. The molecule has 0 rings (SSSR count). The lowest BCUT2D eigenvalue weighted by Crippen LogP contribution is -2.09. The molecule has 3 heteroatoms. The smallest absolute Gasteiger partial charge is 0.434 e. The number of hydrogen-bond donors (Lipinski definition) is 0. The Morgan fingerprint density at radius 1 is 0.425 bits per heavy atom. The van der Waals surface area contributed by atoms with Crippen LogP contribution in [0.15, 0.2) is 72.9 Å². The quantitative estimate of drug-likeness (QED) is 0.0548. The van der Waals surface area contributed by atoms with Crippen molar-refractivity contribution in [2.45, 2.75) is 142 Å². The molecule has 0 atom stereocenters. The van der Waals surface area contributed by atoms with E-state index in [1.165, 1.54) is 64.2 Å². The number of carbonyl (C=O) groups excluding carboxylic acids is 1. The van der Waals surface area contributed by atoms with Crippen LogP contribution in [0.3, 0.4) is 0 Å². The highest BCUT2D eigenvalue weighted by Gasteiger charge is 2.03. The number of rotatable bonds is 28. The molecular weight excluding hydrogens is 492 g/mol. The fourth-order valence-electron chi connectivity index (χ4n) is 4.07. The predicted octanol–water partition coefficient (Wildman–Crippen LogP) is 12.3. The zero-order valence-corrected chi connectivity index (χ0v) is 26.2. The van der Waals surface area contributed by atoms with Gasteiger partial charge in [-0.25, -0.2) is 4.79 Å². The van der Waals surface area contributed by atoms with Gasteiger partial charge in [-0.2, -0.15) is 0 Å². The molecule has 0 unspecified atom stereocenters. The van der Waals surface area contributed by atoms with Crippen molar-refractivity contribution in [2.24, 2.45) is 0 Å². The molecule has 0 fully saturated rings. The van der Waals surface area contributed by atoms with Crippen molar-refractivity contribution in [2.75, 3.05) is 13.2 Å². The van der Waals surface area contributed by atoms with Crippen LogP contribution in [0, 0.1) is 0 Å². The first kappa shape index (κ1) is 37.7. The van der Waals surface area contributed by atoms with Gasteiger partial charge in [-0.15, -0.1) is 0 Å². The van der Waals surface area contributed by atoms with Crippen molar-refractivity contribution in [3.8, 4) is 0 Å². The monoisotopic (exact) mass is 554 g/mol. The second-order valence-electron chi connectivity index (χ2n) is 10.4. The number of hydrogen-bond acceptors (Lipinski definition) is 3. The van der Waals surface area contributed by atoms with E-state index < -0.39 is 6.16 Å². The molecule has 0 saturated carbocycles. The fourth-order valence-corrected chi connectivity index (χ4v) is 4.07. The van der Waals surface area contributed by atoms with Gasteiger partial charge in [-0.05, 0) is 77.0 Å². The maximum atomic E-state index is 11.7. The zero-order chi connectivity index (χ0) is 29.0. The molecule has 0 heterocycles. The Morgan fingerprint density at radius 3 is 1.23 bits per heavy atom. The lowest BCUT2D eigenvalue weighted by atomic mass is 10.1. The maximum absolute atomic E-state index is 11.7. The summed E-state index contributed by atoms with van der Waals surface area (Å²) in [7, 11) is 0. The van der Waals surface area contributed by atoms with Crippen LogP contribution >= 0.6 is 0 Å². The van der Waals surface area contributed by atoms with Crippen molar-refractivity contribution in [1.82, 2.24) is 0 Å². The van der Waals surface area contributed by atoms with Gasteiger partial charge in [0.05, 0.1) is 13.2 Å². The van der Waals surface area contributed by atoms with Crippen molar-refractivity contribution >= 4 is 6.16 Å². The predicted molar refractivity (Wildman–Crippen MR) is 176 cm³/mol. The normalized spacial score (nSPS) is 12.4. The Labute approximate surface area is 248 Å². The van der Waals surface area contributed by atoms with Gasteiger partial charge in [0.15, 0.2) is 0 Å². The minimum Gasteiger partial charge on any atom is -0.434 e. The Balaban J connectivity index is 3.36. The van der Waals surface area contributed by atoms with Crippen LogP contribution in [0.5, 0.6) is 0 Å². The van der Waals surface area contributed by atoms with Gasteiger partial charge in [0.1, 0.15) is 0 Å². The Hall–Kier alpha value is -2.29. The summed E-state index contributed by atoms with van der Waals surface area (Å²) in [4.78, 5) is 11.7. The molecule has 0 spiro atoms. The van der Waals surface area contributed by atoms with E-state index in [-0.39, 0.29) is 0 Å². The highest BCUT2D eigenvalue weighted by Crippen LogP contribution is 2.09. The molecule has 228 valence electrons. The van der Waals surface area contributed by atoms with Crippen LogP contribution in [-0.2, 0) is 9.47 Å². The summed E-state index contributed by atoms with van der Waals surface area (Å²) in [5.41, 5.74) is 0. The molecule has 0 radical (unpaired) electrons. The molecule has 40 heavy (non-hydrogen) atoms. The molecule has 0 amide bonds. The largest absolute Gasteiger partial charge is 0.508 e. The van der Waals surface area contributed by atoms with Gasteiger partial charge < -0.3 is 9.47 Å². The van der Waals surface area contributed by atoms with E-state index in [2.05, 4.69) is 86.8 Å². The van der Waals surface area contributed by atoms with Gasteiger partial charge in [0, 0.05) is 0 Å². The number of carbonyl (C=O) groups is 1. The van der Waals surface area contributed by atoms with E-state index in [0.29, 0.717) is 13.2 Å². The summed E-state index contributed by atoms with van der Waals surface area (Å²) in [5, 5.41) is 0. The standard InChI is InChI=1S/C37H62O3/c1-3-5-7-9-11-13-15-17-18-19-20-21-22-23-24-26-28-30-32-34-36-40-37(38)39-35-33-31-29-27-25-16-14-12-10-8-6-4-2/h5,7,10-13,17-18,20-21,23-24H,3-4,6,8-9,14-16,19,22,25-36H2,1-2H3/b7-5-,12-10-,13-11-,18-17-,21-20-,24-23-. The summed E-state index contributed by atoms with van der Waals surface area (Å²) in [5.74, 6) is 0. The van der Waals surface area contributed by atoms with E-state index in [1.807, 2.05) is 0 Å². The van der Waals surface area contributed by atoms with Crippen molar-refractivity contribution in [3.05, 3.63) is 72.9 Å². The first-order valence-electron chi connectivity index (χ1n) is 16.5. The van der Waals surface area contributed by atoms with Gasteiger partial charge in [0.2, 0.25) is 0 Å². The molecule has 0 aliphatic heterocycles. The van der Waals surface area contributed by atoms with Crippen molar-refractivity contribution in [3.63, 3.8) is 0 Å². The topological polar surface area (TPSA) is 35.5 Å². The van der Waals surface area contributed by atoms with Crippen LogP contribution in [0.1, 0.15) is 142 Å². The SMILES string of the molecule is CC/C=C\C/C=C\C/C=C\C/C=C\C/C=C\CCCCCCOC(=O)OCCCCCCCC/C=C\CCCC. The van der Waals surface area contributed by atoms with Gasteiger partial charge >= 0.3 is 6.16 Å². The number of unbranched alkanes of at least 4 members (excludes halogenated alkanes) is 12. The molecule has 0 saturated heterocycles. The Kier molecular flexibility index (Phi) is 32.7. The van der Waals surface area contributed by atoms with Crippen LogP contribution in [0.4, 0.5) is 4.79 Å². The zero-order valence-electron chi connectivity index (χ0n) is 26.2. The fraction of sp³-hybridized carbons (Fsp3) is 0.649. The van der Waals surface area contributed by atoms with Crippen molar-refractivity contribution < 1.29 is 14.3 Å². The maximum Gasteiger partial charge on any atom is 0.508 e. The summed E-state index contributed by atoms with van der Waals surface area (Å²) >= 11 is 0. The molecular formula is C37H62O3. The van der Waals surface area contributed by atoms with Crippen LogP contribution < -0.4 is 0 Å². The van der Waals surface area contributed by atoms with Gasteiger partial charge in [0.25, 0.3) is 0 Å². The molecule has 0 aromatic carbocycles. The van der Waals surface area contributed by atoms with Gasteiger partial charge in [-0.3, -0.25) is 0 Å². The second kappa shape index (κ2) is 34.7. The summed E-state index contributed by atoms with van der Waals surface area (Å²) in [6.07, 6.45) is 49.3. The van der Waals surface area contributed by atoms with E-state index in [4.69, 9.17) is 9.47 Å². The van der Waals surface area contributed by atoms with Crippen LogP contribution in [-0.4, -0.2) is 19.4 Å². The number of allylic oxidation sites excluding steroid dienone is 12. The third-order valence-corrected chi connectivity index (χ3v) is 6.52. The molecule has 0 aliphatic carbocycles. The second-order valence-corrected chi connectivity index (χ2v) is 10.4. The minimum atomic E-state index is -0.506.